The Kier molecular flexibility index (Phi) is 6.66. The van der Waals surface area contributed by atoms with Crippen LogP contribution in [0.2, 0.25) is 0 Å². The van der Waals surface area contributed by atoms with Crippen molar-refractivity contribution < 1.29 is 18.7 Å². The van der Waals surface area contributed by atoms with Gasteiger partial charge in [-0.25, -0.2) is 9.80 Å². The van der Waals surface area contributed by atoms with Crippen LogP contribution in [0.15, 0.2) is 45.4 Å². The number of hydrogen-bond donors (Lipinski definition) is 1. The van der Waals surface area contributed by atoms with Gasteiger partial charge < -0.3 is 14.5 Å². The minimum Gasteiger partial charge on any atom is -0.463 e. The lowest BCUT2D eigenvalue weighted by molar-refractivity contribution is -0.134. The first-order chi connectivity index (χ1) is 15.3. The van der Waals surface area contributed by atoms with Crippen LogP contribution in [0, 0.1) is 0 Å². The van der Waals surface area contributed by atoms with Crippen molar-refractivity contribution in [2.45, 2.75) is 57.7 Å². The van der Waals surface area contributed by atoms with E-state index >= 15 is 0 Å². The molecule has 0 radical (unpaired) electrons. The van der Waals surface area contributed by atoms with Crippen molar-refractivity contribution in [3.8, 4) is 0 Å². The summed E-state index contributed by atoms with van der Waals surface area (Å²) in [6.07, 6.45) is 3.44. The summed E-state index contributed by atoms with van der Waals surface area (Å²) in [5.74, 6) is 0.680. The summed E-state index contributed by atoms with van der Waals surface area (Å²) in [6.45, 7) is 7.32. The summed E-state index contributed by atoms with van der Waals surface area (Å²) in [4.78, 5) is 28.5. The van der Waals surface area contributed by atoms with Crippen LogP contribution in [0.3, 0.4) is 0 Å². The number of likely N-dealkylation sites (tertiary alicyclic amines) is 1. The minimum absolute atomic E-state index is 0.0245. The molecule has 4 rings (SSSR count). The lowest BCUT2D eigenvalue weighted by Crippen LogP contribution is -2.48. The summed E-state index contributed by atoms with van der Waals surface area (Å²) >= 11 is 1.63. The van der Waals surface area contributed by atoms with Crippen molar-refractivity contribution >= 4 is 29.0 Å². The molecule has 1 N–H and O–H groups in total. The first-order valence-corrected chi connectivity index (χ1v) is 11.8. The van der Waals surface area contributed by atoms with Crippen molar-refractivity contribution in [1.82, 2.24) is 15.2 Å². The number of ether oxygens (including phenoxy) is 1. The number of carbonyl (C=O) groups is 2. The van der Waals surface area contributed by atoms with E-state index < -0.39 is 5.60 Å². The molecule has 172 valence electrons. The Balaban J connectivity index is 1.34. The quantitative estimate of drug-likeness (QED) is 0.732. The smallest absolute Gasteiger partial charge is 0.407 e. The maximum absolute atomic E-state index is 13.2. The number of nitrogens with zero attached hydrogens (tertiary/aromatic N) is 3. The van der Waals surface area contributed by atoms with Crippen molar-refractivity contribution in [2.75, 3.05) is 19.6 Å². The maximum atomic E-state index is 13.2. The fourth-order valence-corrected chi connectivity index (χ4v) is 4.82. The first-order valence-electron chi connectivity index (χ1n) is 11.0. The lowest BCUT2D eigenvalue weighted by atomic mass is 10.1. The van der Waals surface area contributed by atoms with Gasteiger partial charge in [0.25, 0.3) is 5.91 Å². The summed E-state index contributed by atoms with van der Waals surface area (Å²) in [7, 11) is 0. The monoisotopic (exact) mass is 458 g/mol. The van der Waals surface area contributed by atoms with Gasteiger partial charge in [0.05, 0.1) is 18.8 Å². The number of hydrazone groups is 1. The average Bonchev–Trinajstić information content (AvgIpc) is 3.48. The molecule has 0 spiro atoms. The van der Waals surface area contributed by atoms with Gasteiger partial charge in [0.15, 0.2) is 0 Å². The van der Waals surface area contributed by atoms with E-state index in [9.17, 15) is 9.59 Å². The van der Waals surface area contributed by atoms with Crippen LogP contribution in [0.1, 0.15) is 56.7 Å². The number of furan rings is 1. The Hall–Kier alpha value is -2.65. The number of amides is 2. The van der Waals surface area contributed by atoms with Gasteiger partial charge in [0.2, 0.25) is 0 Å². The van der Waals surface area contributed by atoms with E-state index in [4.69, 9.17) is 9.15 Å². The zero-order valence-electron chi connectivity index (χ0n) is 18.7. The zero-order chi connectivity index (χ0) is 22.7. The van der Waals surface area contributed by atoms with E-state index in [1.807, 2.05) is 50.4 Å². The van der Waals surface area contributed by atoms with Crippen molar-refractivity contribution in [3.63, 3.8) is 0 Å². The molecular formula is C23H30N4O4S. The molecule has 2 aromatic rings. The standard InChI is InChI=1S/C23H30N4O4S/c1-23(2,3)31-22(29)24-16-8-10-26(11-9-16)15-21(28)27-18(20-7-5-13-32-20)14-17(25-27)19-6-4-12-30-19/h4-7,12-13,16,18H,8-11,14-15H2,1-3H3,(H,24,29). The Morgan fingerprint density at radius 1 is 1.25 bits per heavy atom. The molecule has 1 fully saturated rings. The normalized spacial score (nSPS) is 20.3. The SMILES string of the molecule is CC(C)(C)OC(=O)NC1CCN(CC(=O)N2N=C(c3ccco3)CC2c2cccs2)CC1. The first kappa shape index (κ1) is 22.5. The molecule has 4 heterocycles. The van der Waals surface area contributed by atoms with Crippen LogP contribution in [0.25, 0.3) is 0 Å². The summed E-state index contributed by atoms with van der Waals surface area (Å²) in [5.41, 5.74) is 0.281. The molecule has 2 aliphatic heterocycles. The highest BCUT2D eigenvalue weighted by molar-refractivity contribution is 7.10. The molecule has 1 saturated heterocycles. The van der Waals surface area contributed by atoms with E-state index in [2.05, 4.69) is 15.3 Å². The number of hydrogen-bond acceptors (Lipinski definition) is 7. The van der Waals surface area contributed by atoms with Crippen molar-refractivity contribution in [2.24, 2.45) is 5.10 Å². The topological polar surface area (TPSA) is 87.4 Å². The second-order valence-corrected chi connectivity index (χ2v) is 10.2. The van der Waals surface area contributed by atoms with Crippen LogP contribution in [-0.4, -0.2) is 58.9 Å². The van der Waals surface area contributed by atoms with Gasteiger partial charge in [-0.2, -0.15) is 5.10 Å². The minimum atomic E-state index is -0.513. The van der Waals surface area contributed by atoms with E-state index in [0.717, 1.165) is 36.5 Å². The van der Waals surface area contributed by atoms with Gasteiger partial charge in [0.1, 0.15) is 17.1 Å². The Bertz CT molecular complexity index is 941. The van der Waals surface area contributed by atoms with Crippen molar-refractivity contribution in [1.29, 1.82) is 0 Å². The van der Waals surface area contributed by atoms with E-state index in [1.54, 1.807) is 22.6 Å². The van der Waals surface area contributed by atoms with Gasteiger partial charge in [-0.15, -0.1) is 11.3 Å². The van der Waals surface area contributed by atoms with E-state index in [0.29, 0.717) is 18.7 Å². The van der Waals surface area contributed by atoms with Gasteiger partial charge in [0, 0.05) is 30.4 Å². The highest BCUT2D eigenvalue weighted by atomic mass is 32.1. The molecule has 2 aliphatic rings. The molecule has 0 aliphatic carbocycles. The molecule has 1 unspecified atom stereocenters. The molecule has 9 heteroatoms. The molecule has 1 atom stereocenters. The molecule has 2 amide bonds. The molecule has 2 aromatic heterocycles. The van der Waals surface area contributed by atoms with Gasteiger partial charge in [-0.1, -0.05) is 6.07 Å². The van der Waals surface area contributed by atoms with Gasteiger partial charge >= 0.3 is 6.09 Å². The number of alkyl carbamates (subject to hydrolysis) is 1. The molecule has 0 bridgehead atoms. The van der Waals surface area contributed by atoms with Gasteiger partial charge in [-0.3, -0.25) is 9.69 Å². The number of carbonyl (C=O) groups excluding carboxylic acids is 2. The molecule has 0 aromatic carbocycles. The van der Waals surface area contributed by atoms with E-state index in [1.165, 1.54) is 0 Å². The fraction of sp³-hybridized carbons (Fsp3) is 0.522. The third-order valence-corrected chi connectivity index (χ3v) is 6.48. The second kappa shape index (κ2) is 9.46. The number of nitrogens with one attached hydrogen (secondary N) is 1. The fourth-order valence-electron chi connectivity index (χ4n) is 4.01. The lowest BCUT2D eigenvalue weighted by Gasteiger charge is -2.33. The van der Waals surface area contributed by atoms with Crippen LogP contribution in [0.4, 0.5) is 4.79 Å². The molecule has 8 nitrogen and oxygen atoms in total. The van der Waals surface area contributed by atoms with Crippen LogP contribution in [0.5, 0.6) is 0 Å². The maximum Gasteiger partial charge on any atom is 0.407 e. The van der Waals surface area contributed by atoms with E-state index in [-0.39, 0.29) is 24.1 Å². The summed E-state index contributed by atoms with van der Waals surface area (Å²) in [6, 6.07) is 7.71. The zero-order valence-corrected chi connectivity index (χ0v) is 19.6. The molecule has 0 saturated carbocycles. The molecular weight excluding hydrogens is 428 g/mol. The predicted molar refractivity (Wildman–Crippen MR) is 123 cm³/mol. The Morgan fingerprint density at radius 3 is 2.66 bits per heavy atom. The summed E-state index contributed by atoms with van der Waals surface area (Å²) < 4.78 is 10.9. The average molecular weight is 459 g/mol. The number of thiophene rings is 1. The second-order valence-electron chi connectivity index (χ2n) is 9.19. The third kappa shape index (κ3) is 5.58. The van der Waals surface area contributed by atoms with Crippen LogP contribution < -0.4 is 5.32 Å². The van der Waals surface area contributed by atoms with Crippen molar-refractivity contribution in [3.05, 3.63) is 46.5 Å². The number of rotatable bonds is 5. The Labute approximate surface area is 192 Å². The highest BCUT2D eigenvalue weighted by Crippen LogP contribution is 2.35. The summed E-state index contributed by atoms with van der Waals surface area (Å²) in [5, 5.41) is 11.2. The highest BCUT2D eigenvalue weighted by Gasteiger charge is 2.35. The van der Waals surface area contributed by atoms with Gasteiger partial charge in [-0.05, 0) is 57.2 Å². The predicted octanol–water partition coefficient (Wildman–Crippen LogP) is 4.01. The van der Waals surface area contributed by atoms with Crippen LogP contribution in [-0.2, 0) is 9.53 Å². The largest absolute Gasteiger partial charge is 0.463 e. The number of piperidine rings is 1. The Morgan fingerprint density at radius 2 is 2.03 bits per heavy atom. The third-order valence-electron chi connectivity index (χ3n) is 5.51. The van der Waals surface area contributed by atoms with Crippen LogP contribution >= 0.6 is 11.3 Å². The molecule has 32 heavy (non-hydrogen) atoms.